The molecular formula is C18H24BNO4. The molecular weight excluding hydrogens is 305 g/mol. The van der Waals surface area contributed by atoms with Gasteiger partial charge in [0.2, 0.25) is 0 Å². The first-order valence-electron chi connectivity index (χ1n) is 8.36. The summed E-state index contributed by atoms with van der Waals surface area (Å²) in [7, 11) is 0.804. The SMILES string of the molecule is CCCC=CC(Cc1ccccc1)B1OC(=O)CN(C)CC(=O)O1. The molecule has 1 aliphatic rings. The molecule has 5 nitrogen and oxygen atoms in total. The Labute approximate surface area is 143 Å². The van der Waals surface area contributed by atoms with Crippen molar-refractivity contribution in [3.63, 3.8) is 0 Å². The molecule has 1 fully saturated rings. The standard InChI is InChI=1S/C18H24BNO4/c1-3-4-6-11-16(12-15-9-7-5-8-10-15)19-23-17(21)13-20(2)14-18(22)24-19/h5-11,16H,3-4,12-14H2,1-2H3. The molecule has 0 radical (unpaired) electrons. The lowest BCUT2D eigenvalue weighted by Gasteiger charge is -2.25. The molecule has 24 heavy (non-hydrogen) atoms. The van der Waals surface area contributed by atoms with Crippen LogP contribution in [0.15, 0.2) is 42.5 Å². The third-order valence-corrected chi connectivity index (χ3v) is 3.80. The van der Waals surface area contributed by atoms with Gasteiger partial charge in [0, 0.05) is 5.82 Å². The topological polar surface area (TPSA) is 55.8 Å². The van der Waals surface area contributed by atoms with Crippen LogP contribution in [-0.4, -0.2) is 44.1 Å². The summed E-state index contributed by atoms with van der Waals surface area (Å²) in [6.45, 7) is 2.27. The third kappa shape index (κ3) is 5.85. The minimum atomic E-state index is -0.882. The smallest absolute Gasteiger partial charge is 0.498 e. The number of hydrogen-bond acceptors (Lipinski definition) is 5. The van der Waals surface area contributed by atoms with Crippen molar-refractivity contribution in [1.29, 1.82) is 0 Å². The highest BCUT2D eigenvalue weighted by molar-refractivity contribution is 6.51. The van der Waals surface area contributed by atoms with Crippen molar-refractivity contribution in [2.45, 2.75) is 32.0 Å². The third-order valence-electron chi connectivity index (χ3n) is 3.80. The normalized spacial score (nSPS) is 18.0. The van der Waals surface area contributed by atoms with Crippen molar-refractivity contribution < 1.29 is 18.9 Å². The fourth-order valence-corrected chi connectivity index (χ4v) is 2.61. The van der Waals surface area contributed by atoms with Crippen LogP contribution in [0.25, 0.3) is 0 Å². The molecule has 0 spiro atoms. The second-order valence-corrected chi connectivity index (χ2v) is 6.09. The van der Waals surface area contributed by atoms with E-state index >= 15 is 0 Å². The van der Waals surface area contributed by atoms with Crippen molar-refractivity contribution in [1.82, 2.24) is 4.90 Å². The molecule has 6 heteroatoms. The zero-order chi connectivity index (χ0) is 17.4. The van der Waals surface area contributed by atoms with Crippen LogP contribution in [0.4, 0.5) is 0 Å². The molecule has 0 aliphatic carbocycles. The van der Waals surface area contributed by atoms with E-state index in [9.17, 15) is 9.59 Å². The van der Waals surface area contributed by atoms with Gasteiger partial charge in [0.1, 0.15) is 0 Å². The Morgan fingerprint density at radius 3 is 2.38 bits per heavy atom. The van der Waals surface area contributed by atoms with Crippen molar-refractivity contribution in [3.8, 4) is 0 Å². The van der Waals surface area contributed by atoms with E-state index in [1.54, 1.807) is 11.9 Å². The average molecular weight is 329 g/mol. The second kappa shape index (κ2) is 9.28. The maximum atomic E-state index is 12.0. The molecule has 2 rings (SSSR count). The van der Waals surface area contributed by atoms with Gasteiger partial charge in [0.05, 0.1) is 13.1 Å². The van der Waals surface area contributed by atoms with E-state index < -0.39 is 7.12 Å². The number of hydrogen-bond donors (Lipinski definition) is 0. The molecule has 0 amide bonds. The van der Waals surface area contributed by atoms with Gasteiger partial charge in [0.15, 0.2) is 0 Å². The second-order valence-electron chi connectivity index (χ2n) is 6.09. The lowest BCUT2D eigenvalue weighted by molar-refractivity contribution is -0.145. The van der Waals surface area contributed by atoms with E-state index in [0.29, 0.717) is 6.42 Å². The summed E-state index contributed by atoms with van der Waals surface area (Å²) in [6.07, 6.45) is 6.65. The first-order valence-corrected chi connectivity index (χ1v) is 8.36. The Kier molecular flexibility index (Phi) is 7.06. The number of allylic oxidation sites excluding steroid dienone is 2. The quantitative estimate of drug-likeness (QED) is 0.593. The number of nitrogens with zero attached hydrogens (tertiary/aromatic N) is 1. The minimum Gasteiger partial charge on any atom is -0.498 e. The zero-order valence-corrected chi connectivity index (χ0v) is 14.3. The van der Waals surface area contributed by atoms with Crippen LogP contribution in [0.5, 0.6) is 0 Å². The molecule has 128 valence electrons. The Morgan fingerprint density at radius 1 is 1.17 bits per heavy atom. The van der Waals surface area contributed by atoms with Gasteiger partial charge in [-0.05, 0) is 25.5 Å². The molecule has 1 heterocycles. The summed E-state index contributed by atoms with van der Waals surface area (Å²) in [5.74, 6) is -0.954. The molecule has 1 saturated heterocycles. The molecule has 1 aliphatic heterocycles. The maximum absolute atomic E-state index is 12.0. The van der Waals surface area contributed by atoms with Gasteiger partial charge in [-0.2, -0.15) is 0 Å². The summed E-state index contributed by atoms with van der Waals surface area (Å²) < 4.78 is 10.8. The van der Waals surface area contributed by atoms with Crippen LogP contribution in [0.1, 0.15) is 25.3 Å². The number of likely N-dealkylation sites (N-methyl/N-ethyl adjacent to an activating group) is 1. The van der Waals surface area contributed by atoms with Crippen molar-refractivity contribution >= 4 is 19.1 Å². The molecule has 0 bridgehead atoms. The van der Waals surface area contributed by atoms with E-state index in [1.807, 2.05) is 36.4 Å². The summed E-state index contributed by atoms with van der Waals surface area (Å²) in [4.78, 5) is 25.5. The molecule has 1 atom stereocenters. The van der Waals surface area contributed by atoms with Crippen LogP contribution in [0.3, 0.4) is 0 Å². The highest BCUT2D eigenvalue weighted by Gasteiger charge is 2.38. The monoisotopic (exact) mass is 329 g/mol. The summed E-state index contributed by atoms with van der Waals surface area (Å²) in [6, 6.07) is 9.92. The maximum Gasteiger partial charge on any atom is 0.606 e. The highest BCUT2D eigenvalue weighted by Crippen LogP contribution is 2.23. The van der Waals surface area contributed by atoms with Crippen LogP contribution in [0.2, 0.25) is 5.82 Å². The number of benzene rings is 1. The number of unbranched alkanes of at least 4 members (excludes halogenated alkanes) is 1. The lowest BCUT2D eigenvalue weighted by Crippen LogP contribution is -2.44. The Balaban J connectivity index is 2.16. The highest BCUT2D eigenvalue weighted by atomic mass is 16.6. The Bertz CT molecular complexity index is 556. The van der Waals surface area contributed by atoms with Gasteiger partial charge in [-0.15, -0.1) is 0 Å². The molecule has 1 unspecified atom stereocenters. The first-order chi connectivity index (χ1) is 11.6. The van der Waals surface area contributed by atoms with Crippen molar-refractivity contribution in [2.75, 3.05) is 20.1 Å². The van der Waals surface area contributed by atoms with Gasteiger partial charge in [0.25, 0.3) is 0 Å². The van der Waals surface area contributed by atoms with E-state index in [4.69, 9.17) is 9.31 Å². The van der Waals surface area contributed by atoms with Gasteiger partial charge in [-0.3, -0.25) is 14.5 Å². The predicted octanol–water partition coefficient (Wildman–Crippen LogP) is 2.48. The van der Waals surface area contributed by atoms with Crippen LogP contribution < -0.4 is 0 Å². The van der Waals surface area contributed by atoms with Gasteiger partial charge in [-0.25, -0.2) is 0 Å². The van der Waals surface area contributed by atoms with Crippen LogP contribution in [0, 0.1) is 0 Å². The molecule has 1 aromatic rings. The number of carbonyl (C=O) groups is 2. The molecule has 1 aromatic carbocycles. The van der Waals surface area contributed by atoms with Gasteiger partial charge >= 0.3 is 19.1 Å². The van der Waals surface area contributed by atoms with Crippen molar-refractivity contribution in [3.05, 3.63) is 48.0 Å². The largest absolute Gasteiger partial charge is 0.606 e. The first kappa shape index (κ1) is 18.3. The predicted molar refractivity (Wildman–Crippen MR) is 93.4 cm³/mol. The summed E-state index contributed by atoms with van der Waals surface area (Å²) in [5, 5.41) is 0. The molecule has 0 aromatic heterocycles. The van der Waals surface area contributed by atoms with Crippen molar-refractivity contribution in [2.24, 2.45) is 0 Å². The van der Waals surface area contributed by atoms with E-state index in [-0.39, 0.29) is 30.8 Å². The Morgan fingerprint density at radius 2 is 1.79 bits per heavy atom. The fraction of sp³-hybridized carbons (Fsp3) is 0.444. The summed E-state index contributed by atoms with van der Waals surface area (Å²) in [5.41, 5.74) is 1.11. The zero-order valence-electron chi connectivity index (χ0n) is 14.3. The average Bonchev–Trinajstić information content (AvgIpc) is 2.53. The lowest BCUT2D eigenvalue weighted by atomic mass is 9.68. The number of carbonyl (C=O) groups excluding carboxylic acids is 2. The van der Waals surface area contributed by atoms with Gasteiger partial charge < -0.3 is 9.31 Å². The summed E-state index contributed by atoms with van der Waals surface area (Å²) >= 11 is 0. The van der Waals surface area contributed by atoms with Crippen LogP contribution >= 0.6 is 0 Å². The number of rotatable bonds is 6. The van der Waals surface area contributed by atoms with E-state index in [1.165, 1.54) is 0 Å². The van der Waals surface area contributed by atoms with Gasteiger partial charge in [-0.1, -0.05) is 55.8 Å². The minimum absolute atomic E-state index is 0.0856. The van der Waals surface area contributed by atoms with E-state index in [2.05, 4.69) is 13.0 Å². The Hall–Kier alpha value is -2.08. The fourth-order valence-electron chi connectivity index (χ4n) is 2.61. The molecule has 0 N–H and O–H groups in total. The van der Waals surface area contributed by atoms with Crippen LogP contribution in [-0.2, 0) is 25.3 Å². The molecule has 0 saturated carbocycles. The van der Waals surface area contributed by atoms with E-state index in [0.717, 1.165) is 18.4 Å².